The number of carbonyl (C=O) groups is 1. The van der Waals surface area contributed by atoms with Crippen LogP contribution in [0.15, 0.2) is 29.0 Å². The Morgan fingerprint density at radius 2 is 2.30 bits per heavy atom. The molecule has 0 saturated carbocycles. The van der Waals surface area contributed by atoms with Gasteiger partial charge in [-0.05, 0) is 19.1 Å². The van der Waals surface area contributed by atoms with E-state index in [9.17, 15) is 4.79 Å². The van der Waals surface area contributed by atoms with Gasteiger partial charge in [-0.1, -0.05) is 5.16 Å². The first-order chi connectivity index (χ1) is 9.61. The number of carbonyl (C=O) groups excluding carboxylic acids is 1. The van der Waals surface area contributed by atoms with Crippen molar-refractivity contribution < 1.29 is 10.0 Å². The molecule has 0 aliphatic rings. The summed E-state index contributed by atoms with van der Waals surface area (Å²) in [6.07, 6.45) is 1.38. The van der Waals surface area contributed by atoms with E-state index < -0.39 is 0 Å². The third-order valence-corrected chi connectivity index (χ3v) is 3.59. The lowest BCUT2D eigenvalue weighted by molar-refractivity contribution is 0.0946. The number of amides is 1. The molecule has 2 rings (SSSR count). The van der Waals surface area contributed by atoms with Gasteiger partial charge in [-0.3, -0.25) is 9.78 Å². The van der Waals surface area contributed by atoms with Gasteiger partial charge in [-0.2, -0.15) is 0 Å². The summed E-state index contributed by atoms with van der Waals surface area (Å²) in [6.45, 7) is 2.31. The molecule has 0 radical (unpaired) electrons. The molecule has 0 atom stereocenters. The molecule has 0 unspecified atom stereocenters. The van der Waals surface area contributed by atoms with Crippen LogP contribution in [0.5, 0.6) is 0 Å². The number of rotatable bonds is 4. The summed E-state index contributed by atoms with van der Waals surface area (Å²) in [5.74, 6) is -0.339. The van der Waals surface area contributed by atoms with Gasteiger partial charge < -0.3 is 16.3 Å². The van der Waals surface area contributed by atoms with Crippen molar-refractivity contribution in [2.75, 3.05) is 0 Å². The highest BCUT2D eigenvalue weighted by molar-refractivity contribution is 7.09. The van der Waals surface area contributed by atoms with Crippen LogP contribution >= 0.6 is 11.3 Å². The van der Waals surface area contributed by atoms with E-state index in [2.05, 4.69) is 20.4 Å². The Kier molecular flexibility index (Phi) is 4.26. The van der Waals surface area contributed by atoms with Crippen molar-refractivity contribution in [1.82, 2.24) is 15.3 Å². The van der Waals surface area contributed by atoms with Crippen molar-refractivity contribution in [3.05, 3.63) is 45.7 Å². The van der Waals surface area contributed by atoms with E-state index in [4.69, 9.17) is 10.9 Å². The predicted octanol–water partition coefficient (Wildman–Crippen LogP) is 0.871. The molecule has 2 aromatic rings. The Morgan fingerprint density at radius 1 is 1.50 bits per heavy atom. The molecule has 1 amide bonds. The van der Waals surface area contributed by atoms with Gasteiger partial charge in [-0.15, -0.1) is 11.3 Å². The van der Waals surface area contributed by atoms with Crippen LogP contribution in [-0.2, 0) is 6.54 Å². The van der Waals surface area contributed by atoms with Crippen LogP contribution < -0.4 is 11.1 Å². The maximum atomic E-state index is 11.9. The molecule has 0 aliphatic heterocycles. The van der Waals surface area contributed by atoms with Crippen LogP contribution in [0.4, 0.5) is 0 Å². The topological polar surface area (TPSA) is 113 Å². The van der Waals surface area contributed by atoms with E-state index >= 15 is 0 Å². The first kappa shape index (κ1) is 13.9. The molecule has 0 spiro atoms. The smallest absolute Gasteiger partial charge is 0.270 e. The number of thiazole rings is 1. The highest BCUT2D eigenvalue weighted by atomic mass is 32.1. The number of hydrogen-bond acceptors (Lipinski definition) is 6. The van der Waals surface area contributed by atoms with Gasteiger partial charge in [0.2, 0.25) is 0 Å². The lowest BCUT2D eigenvalue weighted by Crippen LogP contribution is -2.24. The summed E-state index contributed by atoms with van der Waals surface area (Å²) < 4.78 is 0. The van der Waals surface area contributed by atoms with Crippen molar-refractivity contribution in [3.8, 4) is 0 Å². The van der Waals surface area contributed by atoms with Crippen LogP contribution in [0.25, 0.3) is 0 Å². The number of pyridine rings is 1. The molecule has 2 aromatic heterocycles. The number of nitrogens with two attached hydrogens (primary N) is 1. The van der Waals surface area contributed by atoms with Crippen molar-refractivity contribution in [3.63, 3.8) is 0 Å². The SMILES string of the molecule is Cc1ncsc1CNC(=O)c1ccc(C(N)=NO)cn1. The van der Waals surface area contributed by atoms with E-state index in [0.717, 1.165) is 10.6 Å². The van der Waals surface area contributed by atoms with Crippen LogP contribution in [0.2, 0.25) is 0 Å². The number of oxime groups is 1. The summed E-state index contributed by atoms with van der Waals surface area (Å²) in [5, 5.41) is 14.2. The van der Waals surface area contributed by atoms with Gasteiger partial charge >= 0.3 is 0 Å². The fourth-order valence-corrected chi connectivity index (χ4v) is 2.20. The quantitative estimate of drug-likeness (QED) is 0.335. The number of aryl methyl sites for hydroxylation is 1. The second-order valence-corrected chi connectivity index (χ2v) is 4.90. The van der Waals surface area contributed by atoms with Crippen molar-refractivity contribution in [1.29, 1.82) is 0 Å². The van der Waals surface area contributed by atoms with Crippen molar-refractivity contribution in [2.24, 2.45) is 10.9 Å². The van der Waals surface area contributed by atoms with E-state index in [0.29, 0.717) is 12.1 Å². The molecule has 0 bridgehead atoms. The van der Waals surface area contributed by atoms with Gasteiger partial charge in [0.15, 0.2) is 5.84 Å². The fraction of sp³-hybridized carbons (Fsp3) is 0.167. The largest absolute Gasteiger partial charge is 0.409 e. The van der Waals surface area contributed by atoms with E-state index in [-0.39, 0.29) is 17.4 Å². The van der Waals surface area contributed by atoms with E-state index in [1.165, 1.54) is 23.6 Å². The first-order valence-electron chi connectivity index (χ1n) is 5.73. The van der Waals surface area contributed by atoms with Crippen molar-refractivity contribution >= 4 is 23.1 Å². The lowest BCUT2D eigenvalue weighted by atomic mass is 10.2. The maximum absolute atomic E-state index is 11.9. The van der Waals surface area contributed by atoms with Crippen LogP contribution in [0.3, 0.4) is 0 Å². The third kappa shape index (κ3) is 3.09. The zero-order chi connectivity index (χ0) is 14.5. The van der Waals surface area contributed by atoms with Gasteiger partial charge in [0.1, 0.15) is 5.69 Å². The Labute approximate surface area is 119 Å². The minimum Gasteiger partial charge on any atom is -0.409 e. The normalized spacial score (nSPS) is 11.3. The van der Waals surface area contributed by atoms with E-state index in [1.807, 2.05) is 6.92 Å². The van der Waals surface area contributed by atoms with Crippen LogP contribution in [-0.4, -0.2) is 26.9 Å². The Morgan fingerprint density at radius 3 is 2.85 bits per heavy atom. The van der Waals surface area contributed by atoms with Crippen LogP contribution in [0, 0.1) is 6.92 Å². The number of nitrogens with zero attached hydrogens (tertiary/aromatic N) is 3. The average molecular weight is 291 g/mol. The summed E-state index contributed by atoms with van der Waals surface area (Å²) in [7, 11) is 0. The van der Waals surface area contributed by atoms with Gasteiger partial charge in [-0.25, -0.2) is 4.98 Å². The number of hydrogen-bond donors (Lipinski definition) is 3. The number of amidine groups is 1. The minimum absolute atomic E-state index is 0.0512. The number of nitrogens with one attached hydrogen (secondary N) is 1. The first-order valence-corrected chi connectivity index (χ1v) is 6.61. The van der Waals surface area contributed by atoms with Crippen molar-refractivity contribution in [2.45, 2.75) is 13.5 Å². The molecule has 4 N–H and O–H groups in total. The Bertz CT molecular complexity index is 636. The summed E-state index contributed by atoms with van der Waals surface area (Å²) in [5.41, 5.74) is 8.77. The second kappa shape index (κ2) is 6.11. The third-order valence-electron chi connectivity index (χ3n) is 2.65. The second-order valence-electron chi connectivity index (χ2n) is 3.96. The summed E-state index contributed by atoms with van der Waals surface area (Å²) >= 11 is 1.49. The predicted molar refractivity (Wildman–Crippen MR) is 74.8 cm³/mol. The number of aromatic nitrogens is 2. The van der Waals surface area contributed by atoms with Gasteiger partial charge in [0.25, 0.3) is 5.91 Å². The summed E-state index contributed by atoms with van der Waals surface area (Å²) in [4.78, 5) is 21.0. The van der Waals surface area contributed by atoms with E-state index in [1.54, 1.807) is 11.6 Å². The zero-order valence-electron chi connectivity index (χ0n) is 10.7. The minimum atomic E-state index is -0.288. The highest BCUT2D eigenvalue weighted by Crippen LogP contribution is 2.11. The highest BCUT2D eigenvalue weighted by Gasteiger charge is 2.09. The van der Waals surface area contributed by atoms with Gasteiger partial charge in [0.05, 0.1) is 17.7 Å². The molecule has 7 nitrogen and oxygen atoms in total. The molecule has 20 heavy (non-hydrogen) atoms. The molecule has 0 aliphatic carbocycles. The lowest BCUT2D eigenvalue weighted by Gasteiger charge is -2.04. The molecule has 2 heterocycles. The molecular formula is C12H13N5O2S. The van der Waals surface area contributed by atoms with Gasteiger partial charge in [0, 0.05) is 16.6 Å². The molecular weight excluding hydrogens is 278 g/mol. The Balaban J connectivity index is 2.01. The zero-order valence-corrected chi connectivity index (χ0v) is 11.5. The average Bonchev–Trinajstić information content (AvgIpc) is 2.89. The standard InChI is InChI=1S/C12H13N5O2S/c1-7-10(20-6-16-7)5-15-12(18)9-3-2-8(4-14-9)11(13)17-19/h2-4,6,19H,5H2,1H3,(H2,13,17)(H,15,18). The summed E-state index contributed by atoms with van der Waals surface area (Å²) in [6, 6.07) is 3.08. The van der Waals surface area contributed by atoms with Crippen LogP contribution in [0.1, 0.15) is 26.6 Å². The molecule has 0 fully saturated rings. The fourth-order valence-electron chi connectivity index (χ4n) is 1.48. The molecule has 0 aromatic carbocycles. The molecule has 8 heteroatoms. The Hall–Kier alpha value is -2.48. The molecule has 0 saturated heterocycles. The maximum Gasteiger partial charge on any atom is 0.270 e. The molecule has 104 valence electrons. The monoisotopic (exact) mass is 291 g/mol.